The molecule has 0 saturated carbocycles. The number of carbonyl (C=O) groups excluding carboxylic acids is 1. The molecule has 0 radical (unpaired) electrons. The lowest BCUT2D eigenvalue weighted by Crippen LogP contribution is -2.59. The number of nitrogens with zero attached hydrogens (tertiary/aromatic N) is 2. The van der Waals surface area contributed by atoms with Gasteiger partial charge in [0.2, 0.25) is 11.5 Å². The summed E-state index contributed by atoms with van der Waals surface area (Å²) in [6.07, 6.45) is -12.9. The fourth-order valence-electron chi connectivity index (χ4n) is 4.81. The molecule has 2 aromatic carbocycles. The maximum atomic E-state index is 15.5. The van der Waals surface area contributed by atoms with E-state index in [0.717, 1.165) is 0 Å². The molecular weight excluding hydrogens is 600 g/mol. The number of benzene rings is 2. The number of likely N-dealkylation sites (tertiary alicyclic amines) is 1. The molecule has 1 saturated heterocycles. The van der Waals surface area contributed by atoms with Crippen molar-refractivity contribution >= 4 is 11.6 Å². The van der Waals surface area contributed by atoms with Crippen LogP contribution in [-0.2, 0) is 39.7 Å². The van der Waals surface area contributed by atoms with Crippen LogP contribution in [0.5, 0.6) is 0 Å². The maximum absolute atomic E-state index is 15.5. The number of aromatic nitrogens is 1. The zero-order valence-electron chi connectivity index (χ0n) is 21.5. The first-order valence-electron chi connectivity index (χ1n) is 12.4. The van der Waals surface area contributed by atoms with Crippen LogP contribution in [0, 0.1) is 0 Å². The van der Waals surface area contributed by atoms with Gasteiger partial charge < -0.3 is 4.90 Å². The van der Waals surface area contributed by atoms with Crippen molar-refractivity contribution < 1.29 is 53.5 Å². The third-order valence-electron chi connectivity index (χ3n) is 7.16. The number of hydrogen-bond acceptors (Lipinski definition) is 4. The number of rotatable bonds is 5. The molecule has 1 atom stereocenters. The predicted molar refractivity (Wildman–Crippen MR) is 130 cm³/mol. The largest absolute Gasteiger partial charge is 0.428 e. The van der Waals surface area contributed by atoms with Crippen molar-refractivity contribution in [3.05, 3.63) is 106 Å². The monoisotopic (exact) mass is 619 g/mol. The van der Waals surface area contributed by atoms with E-state index in [4.69, 9.17) is 0 Å². The molecule has 2 aliphatic rings. The van der Waals surface area contributed by atoms with Gasteiger partial charge in [0.1, 0.15) is 0 Å². The fourth-order valence-corrected chi connectivity index (χ4v) is 4.81. The minimum atomic E-state index is -5.50. The first-order valence-corrected chi connectivity index (χ1v) is 12.4. The van der Waals surface area contributed by atoms with E-state index in [1.807, 2.05) is 5.48 Å². The lowest BCUT2D eigenvalue weighted by molar-refractivity contribution is -0.269. The molecule has 43 heavy (non-hydrogen) atoms. The van der Waals surface area contributed by atoms with Crippen molar-refractivity contribution in [2.45, 2.75) is 36.2 Å². The second kappa shape index (κ2) is 10.2. The Bertz CT molecular complexity index is 1510. The Balaban J connectivity index is 1.40. The van der Waals surface area contributed by atoms with Crippen molar-refractivity contribution in [3.63, 3.8) is 0 Å². The smallest absolute Gasteiger partial charge is 0.335 e. The molecule has 228 valence electrons. The van der Waals surface area contributed by atoms with Gasteiger partial charge >= 0.3 is 18.5 Å². The van der Waals surface area contributed by atoms with Crippen LogP contribution in [0.4, 0.5) is 43.9 Å². The van der Waals surface area contributed by atoms with E-state index >= 15 is 4.39 Å². The standard InChI is InChI=1S/C28H19F10N3O2/c29-24(14-41(15-24)23(42)9-16-5-7-39-8-6-16)18-3-1-17(2-4-18)22-13-25(43-40-22,28(36,37)38)19-10-20(26(30,31)32)12-21(11-19)27(33,34)35/h1-8,10-13,40H,9,14-15H2. The van der Waals surface area contributed by atoms with Gasteiger partial charge in [0, 0.05) is 18.0 Å². The lowest BCUT2D eigenvalue weighted by atomic mass is 9.86. The van der Waals surface area contributed by atoms with Crippen LogP contribution in [0.25, 0.3) is 5.70 Å². The Labute approximate surface area is 236 Å². The minimum absolute atomic E-state index is 0.0218. The molecule has 1 fully saturated rings. The van der Waals surface area contributed by atoms with E-state index < -0.39 is 52.2 Å². The summed E-state index contributed by atoms with van der Waals surface area (Å²) in [6, 6.07) is 7.80. The number of hydrogen-bond donors (Lipinski definition) is 1. The molecule has 2 aliphatic heterocycles. The molecule has 0 spiro atoms. The Hall–Kier alpha value is -4.14. The van der Waals surface area contributed by atoms with Gasteiger partial charge in [-0.15, -0.1) is 0 Å². The van der Waals surface area contributed by atoms with Gasteiger partial charge in [-0.1, -0.05) is 24.3 Å². The second-order valence-corrected chi connectivity index (χ2v) is 10.1. The Morgan fingerprint density at radius 2 is 1.40 bits per heavy atom. The van der Waals surface area contributed by atoms with E-state index in [0.29, 0.717) is 11.6 Å². The first-order chi connectivity index (χ1) is 19.9. The van der Waals surface area contributed by atoms with Crippen molar-refractivity contribution in [2.75, 3.05) is 13.1 Å². The molecule has 3 aromatic rings. The van der Waals surface area contributed by atoms with Gasteiger partial charge in [-0.2, -0.15) is 39.5 Å². The summed E-state index contributed by atoms with van der Waals surface area (Å²) >= 11 is 0. The quantitative estimate of drug-likeness (QED) is 0.323. The highest BCUT2D eigenvalue weighted by Crippen LogP contribution is 2.49. The normalized spacial score (nSPS) is 20.3. The third-order valence-corrected chi connectivity index (χ3v) is 7.16. The summed E-state index contributed by atoms with van der Waals surface area (Å²) < 4.78 is 138. The number of pyridine rings is 1. The van der Waals surface area contributed by atoms with Gasteiger partial charge in [0.15, 0.2) is 5.67 Å². The Morgan fingerprint density at radius 1 is 0.837 bits per heavy atom. The first kappa shape index (κ1) is 30.3. The third kappa shape index (κ3) is 5.77. The van der Waals surface area contributed by atoms with Crippen LogP contribution in [0.3, 0.4) is 0 Å². The van der Waals surface area contributed by atoms with Gasteiger partial charge in [-0.25, -0.2) is 4.39 Å². The maximum Gasteiger partial charge on any atom is 0.428 e. The summed E-state index contributed by atoms with van der Waals surface area (Å²) in [5, 5.41) is 0. The highest BCUT2D eigenvalue weighted by Gasteiger charge is 2.60. The van der Waals surface area contributed by atoms with Crippen LogP contribution in [0.2, 0.25) is 0 Å². The zero-order chi connectivity index (χ0) is 31.4. The highest BCUT2D eigenvalue weighted by atomic mass is 19.4. The topological polar surface area (TPSA) is 54.5 Å². The summed E-state index contributed by atoms with van der Waals surface area (Å²) in [6.45, 7) is -0.539. The van der Waals surface area contributed by atoms with Gasteiger partial charge in [-0.3, -0.25) is 20.1 Å². The van der Waals surface area contributed by atoms with Crippen molar-refractivity contribution in [2.24, 2.45) is 0 Å². The molecule has 3 heterocycles. The number of carbonyl (C=O) groups is 1. The Morgan fingerprint density at radius 3 is 1.91 bits per heavy atom. The van der Waals surface area contributed by atoms with Crippen LogP contribution in [0.1, 0.15) is 33.4 Å². The number of hydroxylamine groups is 1. The van der Waals surface area contributed by atoms with Gasteiger partial charge in [-0.05, 0) is 53.1 Å². The van der Waals surface area contributed by atoms with E-state index in [1.54, 1.807) is 12.1 Å². The minimum Gasteiger partial charge on any atom is -0.335 e. The van der Waals surface area contributed by atoms with Crippen molar-refractivity contribution in [3.8, 4) is 0 Å². The Kier molecular flexibility index (Phi) is 7.22. The molecule has 1 unspecified atom stereocenters. The van der Waals surface area contributed by atoms with Crippen LogP contribution >= 0.6 is 0 Å². The summed E-state index contributed by atoms with van der Waals surface area (Å²) in [7, 11) is 0. The van der Waals surface area contributed by atoms with Crippen molar-refractivity contribution in [1.82, 2.24) is 15.4 Å². The molecule has 0 aliphatic carbocycles. The molecule has 15 heteroatoms. The van der Waals surface area contributed by atoms with Crippen LogP contribution < -0.4 is 5.48 Å². The number of alkyl halides is 10. The zero-order valence-corrected chi connectivity index (χ0v) is 21.5. The lowest BCUT2D eigenvalue weighted by Gasteiger charge is -2.44. The molecule has 1 amide bonds. The molecule has 1 aromatic heterocycles. The molecule has 1 N–H and O–H groups in total. The number of halogens is 10. The SMILES string of the molecule is O=C(Cc1ccncc1)N1CC(F)(c2ccc(C3=CC(c4cc(C(F)(F)F)cc(C(F)(F)F)c4)(C(F)(F)F)ON3)cc2)C1. The van der Waals surface area contributed by atoms with Gasteiger partial charge in [0.25, 0.3) is 0 Å². The average molecular weight is 619 g/mol. The second-order valence-electron chi connectivity index (χ2n) is 10.1. The fraction of sp³-hybridized carbons (Fsp3) is 0.286. The van der Waals surface area contributed by atoms with Gasteiger partial charge in [0.05, 0.1) is 36.3 Å². The van der Waals surface area contributed by atoms with Crippen LogP contribution in [-0.4, -0.2) is 35.1 Å². The number of nitrogens with one attached hydrogen (secondary N) is 1. The van der Waals surface area contributed by atoms with Crippen LogP contribution in [0.15, 0.2) is 73.1 Å². The molecule has 5 nitrogen and oxygen atoms in total. The number of amides is 1. The van der Waals surface area contributed by atoms with E-state index in [9.17, 15) is 44.3 Å². The van der Waals surface area contributed by atoms with E-state index in [2.05, 4.69) is 9.82 Å². The van der Waals surface area contributed by atoms with Crippen molar-refractivity contribution in [1.29, 1.82) is 0 Å². The molecule has 5 rings (SSSR count). The summed E-state index contributed by atoms with van der Waals surface area (Å²) in [5.74, 6) is -0.319. The van der Waals surface area contributed by atoms with E-state index in [1.165, 1.54) is 41.6 Å². The molecular formula is C28H19F10N3O2. The average Bonchev–Trinajstić information content (AvgIpc) is 3.38. The van der Waals surface area contributed by atoms with E-state index in [-0.39, 0.29) is 54.7 Å². The molecule has 0 bridgehead atoms. The summed E-state index contributed by atoms with van der Waals surface area (Å²) in [5.41, 5.74) is -8.70. The predicted octanol–water partition coefficient (Wildman–Crippen LogP) is 6.70. The highest BCUT2D eigenvalue weighted by molar-refractivity contribution is 5.80. The summed E-state index contributed by atoms with van der Waals surface area (Å²) in [4.78, 5) is 22.3.